The Kier molecular flexibility index (Phi) is 3.44. The second kappa shape index (κ2) is 5.33. The maximum absolute atomic E-state index is 6.69. The molecule has 3 heterocycles. The third-order valence-corrected chi connectivity index (χ3v) is 5.58. The first-order valence-corrected chi connectivity index (χ1v) is 9.10. The van der Waals surface area contributed by atoms with Gasteiger partial charge in [-0.15, -0.1) is 0 Å². The van der Waals surface area contributed by atoms with Crippen molar-refractivity contribution in [2.75, 3.05) is 6.79 Å². The molecular weight excluding hydrogens is 338 g/mol. The van der Waals surface area contributed by atoms with E-state index in [9.17, 15) is 0 Å². The second-order valence-electron chi connectivity index (χ2n) is 8.35. The highest BCUT2D eigenvalue weighted by atomic mass is 16.8. The molecule has 0 spiro atoms. The van der Waals surface area contributed by atoms with E-state index in [1.54, 1.807) is 0 Å². The third kappa shape index (κ3) is 2.46. The van der Waals surface area contributed by atoms with Crippen LogP contribution in [0.1, 0.15) is 39.2 Å². The number of hydrogen-bond donors (Lipinski definition) is 1. The highest BCUT2D eigenvalue weighted by Gasteiger charge is 2.62. The zero-order chi connectivity index (χ0) is 18.3. The Bertz CT molecular complexity index is 735. The van der Waals surface area contributed by atoms with Crippen LogP contribution in [0, 0.1) is 0 Å². The van der Waals surface area contributed by atoms with Crippen molar-refractivity contribution in [1.29, 1.82) is 0 Å². The molecule has 142 valence electrons. The van der Waals surface area contributed by atoms with Gasteiger partial charge in [0.05, 0.1) is 6.10 Å². The fourth-order valence-corrected chi connectivity index (χ4v) is 4.67. The summed E-state index contributed by atoms with van der Waals surface area (Å²) < 4.78 is 35.7. The molecule has 26 heavy (non-hydrogen) atoms. The van der Waals surface area contributed by atoms with E-state index in [2.05, 4.69) is 0 Å². The molecule has 0 unspecified atom stereocenters. The molecule has 1 aromatic rings. The molecule has 3 fully saturated rings. The first-order valence-electron chi connectivity index (χ1n) is 9.10. The quantitative estimate of drug-likeness (QED) is 0.816. The van der Waals surface area contributed by atoms with E-state index in [0.717, 1.165) is 17.1 Å². The molecule has 5 rings (SSSR count). The predicted molar refractivity (Wildman–Crippen MR) is 90.9 cm³/mol. The number of hydrogen-bond acceptors (Lipinski definition) is 7. The lowest BCUT2D eigenvalue weighted by atomic mass is 9.74. The van der Waals surface area contributed by atoms with Crippen LogP contribution in [0.3, 0.4) is 0 Å². The van der Waals surface area contributed by atoms with Crippen LogP contribution in [0.2, 0.25) is 0 Å². The number of benzene rings is 1. The van der Waals surface area contributed by atoms with Gasteiger partial charge in [0.25, 0.3) is 0 Å². The van der Waals surface area contributed by atoms with Crippen LogP contribution in [0.4, 0.5) is 0 Å². The topological polar surface area (TPSA) is 81.4 Å². The summed E-state index contributed by atoms with van der Waals surface area (Å²) in [7, 11) is 0. The van der Waals surface area contributed by atoms with Crippen molar-refractivity contribution < 1.29 is 28.4 Å². The monoisotopic (exact) mass is 363 g/mol. The van der Waals surface area contributed by atoms with Crippen molar-refractivity contribution in [1.82, 2.24) is 0 Å². The van der Waals surface area contributed by atoms with E-state index in [1.807, 2.05) is 45.9 Å². The summed E-state index contributed by atoms with van der Waals surface area (Å²) in [6, 6.07) is 5.63. The summed E-state index contributed by atoms with van der Waals surface area (Å²) >= 11 is 0. The van der Waals surface area contributed by atoms with Gasteiger partial charge in [-0.05, 0) is 45.4 Å². The number of nitrogens with two attached hydrogens (primary N) is 1. The van der Waals surface area contributed by atoms with Crippen LogP contribution < -0.4 is 15.2 Å². The lowest BCUT2D eigenvalue weighted by Crippen LogP contribution is -2.60. The van der Waals surface area contributed by atoms with Gasteiger partial charge < -0.3 is 34.2 Å². The molecule has 0 radical (unpaired) electrons. The SMILES string of the molecule is CC1(C)O[C@@H]2[C@@H]3OC(C)(C)O[C@@H]3[C@H](c3ccc4c(c3)OCO4)[C@@H](N)[C@H]2O1. The molecule has 6 atom stereocenters. The van der Waals surface area contributed by atoms with Crippen LogP contribution in [-0.4, -0.2) is 48.8 Å². The standard InChI is InChI=1S/C19H25NO6/c1-18(2)23-14-12(9-5-6-10-11(7-9)22-8-21-10)13(20)15-17(16(14)25-18)26-19(3,4)24-15/h5-7,12-17H,8,20H2,1-4H3/t12-,13-,14-,15-,16-,17+/m1/s1. The fraction of sp³-hybridized carbons (Fsp3) is 0.684. The summed E-state index contributed by atoms with van der Waals surface area (Å²) in [5, 5.41) is 0. The molecule has 2 saturated heterocycles. The van der Waals surface area contributed by atoms with Gasteiger partial charge in [-0.3, -0.25) is 0 Å². The molecule has 1 aliphatic carbocycles. The molecule has 2 N–H and O–H groups in total. The van der Waals surface area contributed by atoms with Crippen LogP contribution >= 0.6 is 0 Å². The van der Waals surface area contributed by atoms with Gasteiger partial charge in [0.2, 0.25) is 6.79 Å². The van der Waals surface area contributed by atoms with Gasteiger partial charge in [-0.1, -0.05) is 6.07 Å². The van der Waals surface area contributed by atoms with Gasteiger partial charge in [0.1, 0.15) is 18.3 Å². The van der Waals surface area contributed by atoms with E-state index in [0.29, 0.717) is 0 Å². The molecule has 4 aliphatic rings. The zero-order valence-corrected chi connectivity index (χ0v) is 15.4. The maximum atomic E-state index is 6.69. The van der Waals surface area contributed by atoms with E-state index in [4.69, 9.17) is 34.2 Å². The Balaban J connectivity index is 1.56. The zero-order valence-electron chi connectivity index (χ0n) is 15.4. The van der Waals surface area contributed by atoms with Gasteiger partial charge in [0.15, 0.2) is 23.1 Å². The first-order chi connectivity index (χ1) is 12.2. The minimum atomic E-state index is -0.700. The van der Waals surface area contributed by atoms with E-state index in [-0.39, 0.29) is 43.2 Å². The van der Waals surface area contributed by atoms with Crippen molar-refractivity contribution in [3.63, 3.8) is 0 Å². The third-order valence-electron chi connectivity index (χ3n) is 5.58. The predicted octanol–water partition coefficient (Wildman–Crippen LogP) is 1.88. The first kappa shape index (κ1) is 16.8. The number of ether oxygens (including phenoxy) is 6. The Hall–Kier alpha value is -1.38. The average molecular weight is 363 g/mol. The normalized spacial score (nSPS) is 41.7. The minimum absolute atomic E-state index is 0.102. The Morgan fingerprint density at radius 3 is 2.12 bits per heavy atom. The van der Waals surface area contributed by atoms with E-state index < -0.39 is 11.6 Å². The van der Waals surface area contributed by atoms with Crippen LogP contribution in [-0.2, 0) is 18.9 Å². The summed E-state index contributed by atoms with van der Waals surface area (Å²) in [5.74, 6) is -0.0185. The number of rotatable bonds is 1. The largest absolute Gasteiger partial charge is 0.454 e. The van der Waals surface area contributed by atoms with E-state index >= 15 is 0 Å². The summed E-state index contributed by atoms with van der Waals surface area (Å²) in [6.45, 7) is 7.89. The second-order valence-corrected chi connectivity index (χ2v) is 8.35. The lowest BCUT2D eigenvalue weighted by molar-refractivity contribution is -0.176. The molecule has 0 bridgehead atoms. The van der Waals surface area contributed by atoms with Crippen molar-refractivity contribution in [2.24, 2.45) is 5.73 Å². The number of fused-ring (bicyclic) bond motifs is 4. The summed E-state index contributed by atoms with van der Waals surface area (Å²) in [5.41, 5.74) is 7.73. The molecule has 7 nitrogen and oxygen atoms in total. The Morgan fingerprint density at radius 1 is 0.808 bits per heavy atom. The van der Waals surface area contributed by atoms with Crippen molar-refractivity contribution >= 4 is 0 Å². The van der Waals surface area contributed by atoms with Crippen molar-refractivity contribution in [3.05, 3.63) is 23.8 Å². The molecule has 3 aliphatic heterocycles. The Labute approximate surface area is 152 Å². The van der Waals surface area contributed by atoms with Gasteiger partial charge in [-0.25, -0.2) is 0 Å². The van der Waals surface area contributed by atoms with Crippen molar-refractivity contribution in [2.45, 2.75) is 75.6 Å². The summed E-state index contributed by atoms with van der Waals surface area (Å²) in [4.78, 5) is 0. The summed E-state index contributed by atoms with van der Waals surface area (Å²) in [6.07, 6.45) is -0.984. The molecule has 0 amide bonds. The molecule has 7 heteroatoms. The van der Waals surface area contributed by atoms with Crippen molar-refractivity contribution in [3.8, 4) is 11.5 Å². The molecule has 1 saturated carbocycles. The highest BCUT2D eigenvalue weighted by Crippen LogP contribution is 2.50. The fourth-order valence-electron chi connectivity index (χ4n) is 4.67. The van der Waals surface area contributed by atoms with E-state index in [1.165, 1.54) is 0 Å². The smallest absolute Gasteiger partial charge is 0.231 e. The lowest BCUT2D eigenvalue weighted by Gasteiger charge is -2.42. The highest BCUT2D eigenvalue weighted by molar-refractivity contribution is 5.46. The van der Waals surface area contributed by atoms with Gasteiger partial charge in [0, 0.05) is 12.0 Å². The minimum Gasteiger partial charge on any atom is -0.454 e. The average Bonchev–Trinajstić information content (AvgIpc) is 3.21. The molecule has 1 aromatic carbocycles. The van der Waals surface area contributed by atoms with Gasteiger partial charge in [-0.2, -0.15) is 0 Å². The molecule has 0 aromatic heterocycles. The maximum Gasteiger partial charge on any atom is 0.231 e. The van der Waals surface area contributed by atoms with Crippen LogP contribution in [0.5, 0.6) is 11.5 Å². The van der Waals surface area contributed by atoms with Crippen LogP contribution in [0.15, 0.2) is 18.2 Å². The Morgan fingerprint density at radius 2 is 1.38 bits per heavy atom. The van der Waals surface area contributed by atoms with Gasteiger partial charge >= 0.3 is 0 Å². The molecular formula is C19H25NO6. The van der Waals surface area contributed by atoms with Crippen LogP contribution in [0.25, 0.3) is 0 Å².